The fourth-order valence-electron chi connectivity index (χ4n) is 2.86. The first kappa shape index (κ1) is 23.8. The normalized spacial score (nSPS) is 10.4. The highest BCUT2D eigenvalue weighted by molar-refractivity contribution is 5.59. The molecule has 0 aliphatic carbocycles. The molecule has 0 aliphatic rings. The van der Waals surface area contributed by atoms with Crippen molar-refractivity contribution in [3.05, 3.63) is 0 Å². The lowest BCUT2D eigenvalue weighted by Gasteiger charge is -2.05. The van der Waals surface area contributed by atoms with E-state index in [2.05, 4.69) is 12.8 Å². The molecule has 0 N–H and O–H groups in total. The summed E-state index contributed by atoms with van der Waals surface area (Å²) in [5.74, 6) is 2.41. The Labute approximate surface area is 156 Å². The maximum atomic E-state index is 11.2. The lowest BCUT2D eigenvalue weighted by atomic mass is 10.0. The van der Waals surface area contributed by atoms with E-state index in [1.165, 1.54) is 83.5 Å². The number of carbonyl (C=O) groups is 1. The van der Waals surface area contributed by atoms with Crippen molar-refractivity contribution in [2.75, 3.05) is 13.2 Å². The van der Waals surface area contributed by atoms with Crippen LogP contribution in [0.4, 0.5) is 4.79 Å². The number of hydrogen-bond acceptors (Lipinski definition) is 3. The van der Waals surface area contributed by atoms with Gasteiger partial charge in [0.2, 0.25) is 0 Å². The second kappa shape index (κ2) is 20.9. The molecule has 0 aromatic heterocycles. The van der Waals surface area contributed by atoms with Gasteiger partial charge in [-0.15, -0.1) is 12.3 Å². The fourth-order valence-corrected chi connectivity index (χ4v) is 2.86. The third-order valence-corrected chi connectivity index (χ3v) is 4.43. The van der Waals surface area contributed by atoms with Crippen molar-refractivity contribution in [1.82, 2.24) is 0 Å². The average Bonchev–Trinajstić information content (AvgIpc) is 2.61. The molecule has 0 heterocycles. The van der Waals surface area contributed by atoms with E-state index in [1.54, 1.807) is 0 Å². The van der Waals surface area contributed by atoms with Crippen molar-refractivity contribution in [3.8, 4) is 12.3 Å². The van der Waals surface area contributed by atoms with Gasteiger partial charge in [-0.25, -0.2) is 4.79 Å². The van der Waals surface area contributed by atoms with Gasteiger partial charge in [0, 0.05) is 6.42 Å². The van der Waals surface area contributed by atoms with Crippen molar-refractivity contribution < 1.29 is 14.3 Å². The topological polar surface area (TPSA) is 35.5 Å². The van der Waals surface area contributed by atoms with Gasteiger partial charge in [0.1, 0.15) is 6.61 Å². The van der Waals surface area contributed by atoms with E-state index in [4.69, 9.17) is 15.9 Å². The number of carbonyl (C=O) groups excluding carboxylic acids is 1. The molecule has 0 rings (SSSR count). The Morgan fingerprint density at radius 3 is 1.52 bits per heavy atom. The Morgan fingerprint density at radius 2 is 1.08 bits per heavy atom. The second-order valence-electron chi connectivity index (χ2n) is 6.85. The highest BCUT2D eigenvalue weighted by Crippen LogP contribution is 2.13. The summed E-state index contributed by atoms with van der Waals surface area (Å²) in [6.45, 7) is 2.97. The van der Waals surface area contributed by atoms with Crippen LogP contribution in [0.5, 0.6) is 0 Å². The van der Waals surface area contributed by atoms with Gasteiger partial charge >= 0.3 is 6.16 Å². The first-order valence-corrected chi connectivity index (χ1v) is 10.5. The molecule has 0 saturated carbocycles. The third-order valence-electron chi connectivity index (χ3n) is 4.43. The van der Waals surface area contributed by atoms with Crippen molar-refractivity contribution in [2.45, 2.75) is 110 Å². The van der Waals surface area contributed by atoms with E-state index in [0.717, 1.165) is 12.8 Å². The number of unbranched alkanes of at least 4 members (excludes halogenated alkanes) is 14. The van der Waals surface area contributed by atoms with Crippen LogP contribution in [-0.2, 0) is 9.47 Å². The summed E-state index contributed by atoms with van der Waals surface area (Å²) in [6, 6.07) is 0. The molecule has 0 amide bonds. The first-order chi connectivity index (χ1) is 12.3. The Kier molecular flexibility index (Phi) is 19.9. The molecule has 0 radical (unpaired) electrons. The minimum Gasteiger partial charge on any atom is -0.434 e. The summed E-state index contributed by atoms with van der Waals surface area (Å²) >= 11 is 0. The van der Waals surface area contributed by atoms with Crippen molar-refractivity contribution in [2.24, 2.45) is 0 Å². The molecule has 0 bridgehead atoms. The smallest absolute Gasteiger partial charge is 0.434 e. The summed E-state index contributed by atoms with van der Waals surface area (Å²) in [5, 5.41) is 0. The lowest BCUT2D eigenvalue weighted by molar-refractivity contribution is 0.0556. The fraction of sp³-hybridized carbons (Fsp3) is 0.864. The standard InChI is InChI=1S/C22H40O3/c1-3-5-7-8-9-10-11-12-13-14-15-16-17-18-19-21-25-22(23)24-20-6-4-2/h2H,3,5-21H2,1H3. The van der Waals surface area contributed by atoms with E-state index >= 15 is 0 Å². The Morgan fingerprint density at radius 1 is 0.680 bits per heavy atom. The Hall–Kier alpha value is -1.17. The maximum Gasteiger partial charge on any atom is 0.508 e. The predicted molar refractivity (Wildman–Crippen MR) is 106 cm³/mol. The summed E-state index contributed by atoms with van der Waals surface area (Å²) in [4.78, 5) is 11.2. The molecule has 0 unspecified atom stereocenters. The molecule has 0 aromatic rings. The van der Waals surface area contributed by atoms with E-state index in [-0.39, 0.29) is 6.61 Å². The van der Waals surface area contributed by atoms with E-state index in [9.17, 15) is 4.79 Å². The van der Waals surface area contributed by atoms with Crippen molar-refractivity contribution in [1.29, 1.82) is 0 Å². The third kappa shape index (κ3) is 20.8. The second-order valence-corrected chi connectivity index (χ2v) is 6.85. The molecular formula is C22H40O3. The predicted octanol–water partition coefficient (Wildman–Crippen LogP) is 7.03. The van der Waals surface area contributed by atoms with Gasteiger partial charge in [-0.1, -0.05) is 96.8 Å². The van der Waals surface area contributed by atoms with Gasteiger partial charge in [-0.05, 0) is 6.42 Å². The van der Waals surface area contributed by atoms with Crippen LogP contribution in [-0.4, -0.2) is 19.4 Å². The summed E-state index contributed by atoms with van der Waals surface area (Å²) in [6.07, 6.45) is 24.9. The molecule has 0 aliphatic heterocycles. The van der Waals surface area contributed by atoms with Crippen LogP contribution in [0.1, 0.15) is 110 Å². The number of rotatable bonds is 18. The zero-order chi connectivity index (χ0) is 18.4. The number of hydrogen-bond donors (Lipinski definition) is 0. The van der Waals surface area contributed by atoms with Crippen LogP contribution in [0.2, 0.25) is 0 Å². The largest absolute Gasteiger partial charge is 0.508 e. The van der Waals surface area contributed by atoms with Crippen LogP contribution in [0.3, 0.4) is 0 Å². The Balaban J connectivity index is 3.07. The highest BCUT2D eigenvalue weighted by Gasteiger charge is 2.02. The molecule has 146 valence electrons. The molecule has 0 fully saturated rings. The van der Waals surface area contributed by atoms with Gasteiger partial charge in [0.25, 0.3) is 0 Å². The maximum absolute atomic E-state index is 11.2. The van der Waals surface area contributed by atoms with Crippen LogP contribution in [0, 0.1) is 12.3 Å². The van der Waals surface area contributed by atoms with Gasteiger partial charge in [0.15, 0.2) is 0 Å². The number of ether oxygens (including phenoxy) is 2. The lowest BCUT2D eigenvalue weighted by Crippen LogP contribution is -2.09. The van der Waals surface area contributed by atoms with Crippen LogP contribution < -0.4 is 0 Å². The number of terminal acetylenes is 1. The van der Waals surface area contributed by atoms with Gasteiger partial charge in [0.05, 0.1) is 6.61 Å². The van der Waals surface area contributed by atoms with Crippen molar-refractivity contribution >= 4 is 6.16 Å². The molecule has 25 heavy (non-hydrogen) atoms. The Bertz CT molecular complexity index is 320. The molecule has 0 spiro atoms. The minimum absolute atomic E-state index is 0.244. The molecule has 3 heteroatoms. The molecule has 0 aromatic carbocycles. The molecule has 0 atom stereocenters. The van der Waals surface area contributed by atoms with E-state index in [0.29, 0.717) is 13.0 Å². The summed E-state index contributed by atoms with van der Waals surface area (Å²) in [5.41, 5.74) is 0. The molecule has 0 saturated heterocycles. The zero-order valence-corrected chi connectivity index (χ0v) is 16.5. The van der Waals surface area contributed by atoms with E-state index < -0.39 is 6.16 Å². The van der Waals surface area contributed by atoms with Gasteiger partial charge < -0.3 is 9.47 Å². The molecule has 3 nitrogen and oxygen atoms in total. The SMILES string of the molecule is C#CCCOC(=O)OCCCCCCCCCCCCCCCCC. The zero-order valence-electron chi connectivity index (χ0n) is 16.5. The minimum atomic E-state index is -0.597. The van der Waals surface area contributed by atoms with Crippen molar-refractivity contribution in [3.63, 3.8) is 0 Å². The summed E-state index contributed by atoms with van der Waals surface area (Å²) < 4.78 is 9.78. The monoisotopic (exact) mass is 352 g/mol. The average molecular weight is 353 g/mol. The highest BCUT2D eigenvalue weighted by atomic mass is 16.7. The quantitative estimate of drug-likeness (QED) is 0.151. The van der Waals surface area contributed by atoms with Crippen LogP contribution >= 0.6 is 0 Å². The van der Waals surface area contributed by atoms with Crippen LogP contribution in [0.15, 0.2) is 0 Å². The van der Waals surface area contributed by atoms with E-state index in [1.807, 2.05) is 0 Å². The van der Waals surface area contributed by atoms with Gasteiger partial charge in [-0.2, -0.15) is 0 Å². The van der Waals surface area contributed by atoms with Crippen LogP contribution in [0.25, 0.3) is 0 Å². The first-order valence-electron chi connectivity index (χ1n) is 10.5. The summed E-state index contributed by atoms with van der Waals surface area (Å²) in [7, 11) is 0. The van der Waals surface area contributed by atoms with Gasteiger partial charge in [-0.3, -0.25) is 0 Å². The molecular weight excluding hydrogens is 312 g/mol.